The van der Waals surface area contributed by atoms with E-state index in [0.29, 0.717) is 6.42 Å². The molecule has 6 heteroatoms. The number of nitrogens with zero attached hydrogens (tertiary/aromatic N) is 1. The minimum absolute atomic E-state index is 0.115. The molecule has 1 aromatic carbocycles. The average molecular weight is 322 g/mol. The first-order valence-corrected chi connectivity index (χ1v) is 7.67. The average Bonchev–Trinajstić information content (AvgIpc) is 2.44. The Hall–Kier alpha value is -2.08. The van der Waals surface area contributed by atoms with E-state index in [9.17, 15) is 9.59 Å². The third kappa shape index (κ3) is 7.15. The fraction of sp³-hybridized carbons (Fsp3) is 0.529. The maximum Gasteiger partial charge on any atom is 0.408 e. The van der Waals surface area contributed by atoms with E-state index in [0.717, 1.165) is 17.7 Å². The monoisotopic (exact) mass is 322 g/mol. The second-order valence-electron chi connectivity index (χ2n) is 6.25. The molecule has 0 heterocycles. The highest BCUT2D eigenvalue weighted by Crippen LogP contribution is 2.12. The van der Waals surface area contributed by atoms with E-state index in [4.69, 9.17) is 9.84 Å². The summed E-state index contributed by atoms with van der Waals surface area (Å²) in [5, 5.41) is 11.5. The van der Waals surface area contributed by atoms with Crippen LogP contribution in [0, 0.1) is 5.92 Å². The van der Waals surface area contributed by atoms with Crippen molar-refractivity contribution in [3.05, 3.63) is 35.4 Å². The van der Waals surface area contributed by atoms with Gasteiger partial charge in [0.2, 0.25) is 0 Å². The van der Waals surface area contributed by atoms with Gasteiger partial charge in [0.25, 0.3) is 0 Å². The van der Waals surface area contributed by atoms with Crippen LogP contribution in [0.25, 0.3) is 0 Å². The number of carboxylic acid groups (broad SMARTS) is 1. The van der Waals surface area contributed by atoms with Crippen molar-refractivity contribution in [2.24, 2.45) is 5.92 Å². The van der Waals surface area contributed by atoms with Crippen LogP contribution in [-0.4, -0.2) is 42.2 Å². The molecule has 0 saturated heterocycles. The molecule has 0 aliphatic heterocycles. The molecule has 1 rings (SSSR count). The Bertz CT molecular complexity index is 529. The quantitative estimate of drug-likeness (QED) is 0.768. The van der Waals surface area contributed by atoms with E-state index in [2.05, 4.69) is 5.32 Å². The molecule has 6 nitrogen and oxygen atoms in total. The molecule has 1 aromatic rings. The number of carbonyl (C=O) groups is 2. The van der Waals surface area contributed by atoms with Gasteiger partial charge in [0.05, 0.1) is 0 Å². The van der Waals surface area contributed by atoms with Crippen LogP contribution < -0.4 is 5.32 Å². The summed E-state index contributed by atoms with van der Waals surface area (Å²) >= 11 is 0. The first-order chi connectivity index (χ1) is 10.8. The maximum absolute atomic E-state index is 11.8. The van der Waals surface area contributed by atoms with Crippen LogP contribution in [0.3, 0.4) is 0 Å². The smallest absolute Gasteiger partial charge is 0.408 e. The molecular weight excluding hydrogens is 296 g/mol. The summed E-state index contributed by atoms with van der Waals surface area (Å²) in [4.78, 5) is 25.0. The van der Waals surface area contributed by atoms with Crippen molar-refractivity contribution in [3.8, 4) is 0 Å². The van der Waals surface area contributed by atoms with Gasteiger partial charge in [0.1, 0.15) is 12.6 Å². The molecule has 0 aromatic heterocycles. The van der Waals surface area contributed by atoms with Crippen LogP contribution in [-0.2, 0) is 22.7 Å². The Balaban J connectivity index is 2.60. The van der Waals surface area contributed by atoms with Gasteiger partial charge in [-0.2, -0.15) is 0 Å². The molecule has 128 valence electrons. The molecule has 0 radical (unpaired) electrons. The second kappa shape index (κ2) is 9.15. The summed E-state index contributed by atoms with van der Waals surface area (Å²) in [7, 11) is 3.93. The van der Waals surface area contributed by atoms with Gasteiger partial charge in [-0.3, -0.25) is 0 Å². The number of carbonyl (C=O) groups excluding carboxylic acids is 1. The van der Waals surface area contributed by atoms with Crippen molar-refractivity contribution in [1.29, 1.82) is 0 Å². The molecule has 0 bridgehead atoms. The van der Waals surface area contributed by atoms with Crippen LogP contribution >= 0.6 is 0 Å². The number of alkyl carbamates (subject to hydrolysis) is 1. The molecule has 0 aliphatic carbocycles. The summed E-state index contributed by atoms with van der Waals surface area (Å²) in [6, 6.07) is 6.77. The maximum atomic E-state index is 11.8. The van der Waals surface area contributed by atoms with Crippen molar-refractivity contribution in [1.82, 2.24) is 10.2 Å². The minimum Gasteiger partial charge on any atom is -0.480 e. The number of aliphatic carboxylic acids is 1. The molecular formula is C17H26N2O4. The molecule has 0 fully saturated rings. The zero-order valence-corrected chi connectivity index (χ0v) is 14.2. The lowest BCUT2D eigenvalue weighted by Crippen LogP contribution is -2.41. The van der Waals surface area contributed by atoms with Crippen LogP contribution in [0.4, 0.5) is 4.79 Å². The molecule has 0 aliphatic rings. The number of hydrogen-bond acceptors (Lipinski definition) is 4. The van der Waals surface area contributed by atoms with Gasteiger partial charge < -0.3 is 20.1 Å². The Morgan fingerprint density at radius 2 is 1.83 bits per heavy atom. The van der Waals surface area contributed by atoms with E-state index in [1.807, 2.05) is 57.1 Å². The third-order valence-electron chi connectivity index (χ3n) is 3.26. The molecule has 1 atom stereocenters. The number of benzene rings is 1. The Labute approximate surface area is 137 Å². The van der Waals surface area contributed by atoms with Gasteiger partial charge >= 0.3 is 12.1 Å². The number of ether oxygens (including phenoxy) is 1. The van der Waals surface area contributed by atoms with Crippen molar-refractivity contribution in [2.45, 2.75) is 39.5 Å². The number of hydrogen-bond donors (Lipinski definition) is 2. The van der Waals surface area contributed by atoms with Crippen molar-refractivity contribution in [2.75, 3.05) is 14.1 Å². The second-order valence-corrected chi connectivity index (χ2v) is 6.25. The van der Waals surface area contributed by atoms with Crippen LogP contribution in [0.1, 0.15) is 31.4 Å². The lowest BCUT2D eigenvalue weighted by molar-refractivity contribution is -0.139. The Morgan fingerprint density at radius 1 is 1.22 bits per heavy atom. The van der Waals surface area contributed by atoms with Gasteiger partial charge in [-0.25, -0.2) is 9.59 Å². The Morgan fingerprint density at radius 3 is 2.35 bits per heavy atom. The normalized spacial score (nSPS) is 12.3. The van der Waals surface area contributed by atoms with Crippen molar-refractivity contribution >= 4 is 12.1 Å². The third-order valence-corrected chi connectivity index (χ3v) is 3.26. The minimum atomic E-state index is -1.05. The highest BCUT2D eigenvalue weighted by Gasteiger charge is 2.21. The Kier molecular flexibility index (Phi) is 7.54. The van der Waals surface area contributed by atoms with E-state index in [-0.39, 0.29) is 12.5 Å². The van der Waals surface area contributed by atoms with Crippen LogP contribution in [0.2, 0.25) is 0 Å². The lowest BCUT2D eigenvalue weighted by atomic mass is 10.0. The first-order valence-electron chi connectivity index (χ1n) is 7.67. The first kappa shape index (κ1) is 19.0. The summed E-state index contributed by atoms with van der Waals surface area (Å²) in [5.74, 6) is -0.888. The zero-order valence-electron chi connectivity index (χ0n) is 14.2. The summed E-state index contributed by atoms with van der Waals surface area (Å²) in [6.07, 6.45) is -0.348. The van der Waals surface area contributed by atoms with Gasteiger partial charge in [-0.15, -0.1) is 0 Å². The van der Waals surface area contributed by atoms with E-state index in [1.165, 1.54) is 0 Å². The fourth-order valence-electron chi connectivity index (χ4n) is 2.21. The van der Waals surface area contributed by atoms with Crippen LogP contribution in [0.15, 0.2) is 24.3 Å². The molecule has 0 spiro atoms. The van der Waals surface area contributed by atoms with Gasteiger partial charge in [-0.05, 0) is 37.6 Å². The van der Waals surface area contributed by atoms with Gasteiger partial charge in [0, 0.05) is 6.54 Å². The fourth-order valence-corrected chi connectivity index (χ4v) is 2.21. The van der Waals surface area contributed by atoms with Gasteiger partial charge in [-0.1, -0.05) is 38.1 Å². The molecule has 1 amide bonds. The number of rotatable bonds is 8. The predicted octanol–water partition coefficient (Wildman–Crippen LogP) is 2.47. The van der Waals surface area contributed by atoms with E-state index < -0.39 is 18.1 Å². The molecule has 23 heavy (non-hydrogen) atoms. The van der Waals surface area contributed by atoms with E-state index in [1.54, 1.807) is 0 Å². The standard InChI is InChI=1S/C17H26N2O4/c1-12(2)9-15(16(20)21)18-17(22)23-11-14-8-6-5-7-13(14)10-19(3)4/h5-8,12,15H,9-11H2,1-4H3,(H,18,22)(H,20,21)/t15-/m0/s1. The van der Waals surface area contributed by atoms with E-state index >= 15 is 0 Å². The summed E-state index contributed by atoms with van der Waals surface area (Å²) in [6.45, 7) is 4.66. The molecule has 0 unspecified atom stereocenters. The predicted molar refractivity (Wildman–Crippen MR) is 88.0 cm³/mol. The van der Waals surface area contributed by atoms with Gasteiger partial charge in [0.15, 0.2) is 0 Å². The van der Waals surface area contributed by atoms with Crippen LogP contribution in [0.5, 0.6) is 0 Å². The summed E-state index contributed by atoms with van der Waals surface area (Å²) in [5.41, 5.74) is 1.98. The highest BCUT2D eigenvalue weighted by molar-refractivity contribution is 5.79. The SMILES string of the molecule is CC(C)C[C@H](NC(=O)OCc1ccccc1CN(C)C)C(=O)O. The number of amides is 1. The largest absolute Gasteiger partial charge is 0.480 e. The highest BCUT2D eigenvalue weighted by atomic mass is 16.5. The topological polar surface area (TPSA) is 78.9 Å². The zero-order chi connectivity index (χ0) is 17.4. The summed E-state index contributed by atoms with van der Waals surface area (Å²) < 4.78 is 5.18. The lowest BCUT2D eigenvalue weighted by Gasteiger charge is -2.17. The number of nitrogens with one attached hydrogen (secondary N) is 1. The van der Waals surface area contributed by atoms with Crippen molar-refractivity contribution < 1.29 is 19.4 Å². The number of carboxylic acids is 1. The molecule has 0 saturated carbocycles. The molecule has 2 N–H and O–H groups in total. The van der Waals surface area contributed by atoms with Crippen molar-refractivity contribution in [3.63, 3.8) is 0 Å².